The highest BCUT2D eigenvalue weighted by Crippen LogP contribution is 2.47. The van der Waals surface area contributed by atoms with E-state index in [-0.39, 0.29) is 37.9 Å². The van der Waals surface area contributed by atoms with Gasteiger partial charge in [-0.3, -0.25) is 19.2 Å². The molecular weight excluding hydrogens is 544 g/mol. The second kappa shape index (κ2) is 13.5. The molecule has 0 aliphatic rings. The second-order valence-corrected chi connectivity index (χ2v) is 9.21. The number of ether oxygens (including phenoxy) is 6. The van der Waals surface area contributed by atoms with Crippen molar-refractivity contribution < 1.29 is 47.6 Å². The first-order chi connectivity index (χ1) is 20.1. The van der Waals surface area contributed by atoms with Crippen LogP contribution >= 0.6 is 0 Å². The monoisotopic (exact) mass is 574 g/mol. The Hall–Kier alpha value is -5.12. The molecule has 0 bridgehead atoms. The summed E-state index contributed by atoms with van der Waals surface area (Å²) in [4.78, 5) is 46.6. The third-order valence-corrected chi connectivity index (χ3v) is 5.98. The first kappa shape index (κ1) is 29.9. The Labute approximate surface area is 242 Å². The molecule has 0 heterocycles. The molecule has 10 nitrogen and oxygen atoms in total. The molecule has 0 saturated carbocycles. The molecule has 0 fully saturated rings. The maximum atomic E-state index is 12.2. The highest BCUT2D eigenvalue weighted by molar-refractivity contribution is 6.11. The van der Waals surface area contributed by atoms with Gasteiger partial charge in [-0.1, -0.05) is 24.3 Å². The van der Waals surface area contributed by atoms with Crippen molar-refractivity contribution in [1.29, 1.82) is 0 Å². The summed E-state index contributed by atoms with van der Waals surface area (Å²) in [5.74, 6) is -0.424. The standard InChI is InChI=1S/C32H30O10/c1-19(33)37-13-15-39-25-9-5-23-7-11-29(41-21(3)35)31(27(23)17-25)32-28-18-26(40-16-14-38-20(2)34)10-6-24(28)8-12-30(32)42-22(4)36/h5-12,17-18H,13-16H2,1-4H3. The van der Waals surface area contributed by atoms with Gasteiger partial charge < -0.3 is 28.4 Å². The lowest BCUT2D eigenvalue weighted by atomic mass is 9.92. The highest BCUT2D eigenvalue weighted by atomic mass is 16.6. The molecule has 0 aliphatic carbocycles. The summed E-state index contributed by atoms with van der Waals surface area (Å²) in [6.45, 7) is 5.65. The lowest BCUT2D eigenvalue weighted by Gasteiger charge is -2.19. The lowest BCUT2D eigenvalue weighted by Crippen LogP contribution is -2.09. The van der Waals surface area contributed by atoms with E-state index in [1.165, 1.54) is 27.7 Å². The van der Waals surface area contributed by atoms with Crippen LogP contribution in [0.4, 0.5) is 0 Å². The van der Waals surface area contributed by atoms with Gasteiger partial charge in [-0.05, 0) is 57.9 Å². The summed E-state index contributed by atoms with van der Waals surface area (Å²) >= 11 is 0. The number of carbonyl (C=O) groups is 4. The summed E-state index contributed by atoms with van der Waals surface area (Å²) in [5, 5.41) is 2.90. The summed E-state index contributed by atoms with van der Waals surface area (Å²) in [6.07, 6.45) is 0. The van der Waals surface area contributed by atoms with Crippen LogP contribution < -0.4 is 18.9 Å². The molecule has 0 unspecified atom stereocenters. The normalized spacial score (nSPS) is 10.7. The van der Waals surface area contributed by atoms with Gasteiger partial charge in [-0.25, -0.2) is 0 Å². The third kappa shape index (κ3) is 7.54. The minimum Gasteiger partial charge on any atom is -0.490 e. The Bertz CT molecular complexity index is 1530. The minimum absolute atomic E-state index is 0.0773. The fourth-order valence-electron chi connectivity index (χ4n) is 4.42. The quantitative estimate of drug-likeness (QED) is 0.131. The van der Waals surface area contributed by atoms with Gasteiger partial charge in [0.15, 0.2) is 0 Å². The Morgan fingerprint density at radius 2 is 0.881 bits per heavy atom. The largest absolute Gasteiger partial charge is 0.490 e. The molecule has 10 heteroatoms. The van der Waals surface area contributed by atoms with Crippen LogP contribution in [0.3, 0.4) is 0 Å². The zero-order chi connectivity index (χ0) is 30.2. The van der Waals surface area contributed by atoms with Crippen molar-refractivity contribution in [3.05, 3.63) is 60.7 Å². The van der Waals surface area contributed by atoms with Gasteiger partial charge in [0.1, 0.15) is 49.4 Å². The van der Waals surface area contributed by atoms with Crippen LogP contribution in [0.2, 0.25) is 0 Å². The van der Waals surface area contributed by atoms with Gasteiger partial charge in [-0.2, -0.15) is 0 Å². The first-order valence-corrected chi connectivity index (χ1v) is 13.2. The number of carbonyl (C=O) groups excluding carboxylic acids is 4. The molecule has 218 valence electrons. The molecule has 42 heavy (non-hydrogen) atoms. The van der Waals surface area contributed by atoms with E-state index in [4.69, 9.17) is 28.4 Å². The van der Waals surface area contributed by atoms with Crippen LogP contribution in [-0.4, -0.2) is 50.3 Å². The lowest BCUT2D eigenvalue weighted by molar-refractivity contribution is -0.142. The Kier molecular flexibility index (Phi) is 9.59. The van der Waals surface area contributed by atoms with Crippen molar-refractivity contribution in [2.24, 2.45) is 0 Å². The molecule has 0 saturated heterocycles. The third-order valence-electron chi connectivity index (χ3n) is 5.98. The molecule has 0 aromatic heterocycles. The van der Waals surface area contributed by atoms with E-state index in [0.717, 1.165) is 10.8 Å². The van der Waals surface area contributed by atoms with E-state index in [1.54, 1.807) is 48.5 Å². The Morgan fingerprint density at radius 1 is 0.500 bits per heavy atom. The van der Waals surface area contributed by atoms with Crippen molar-refractivity contribution >= 4 is 45.4 Å². The Balaban J connectivity index is 1.92. The van der Waals surface area contributed by atoms with Crippen molar-refractivity contribution in [1.82, 2.24) is 0 Å². The van der Waals surface area contributed by atoms with E-state index in [0.29, 0.717) is 33.4 Å². The number of hydrogen-bond acceptors (Lipinski definition) is 10. The van der Waals surface area contributed by atoms with Crippen molar-refractivity contribution in [3.63, 3.8) is 0 Å². The number of hydrogen-bond donors (Lipinski definition) is 0. The van der Waals surface area contributed by atoms with E-state index in [9.17, 15) is 19.2 Å². The summed E-state index contributed by atoms with van der Waals surface area (Å²) in [7, 11) is 0. The number of esters is 4. The van der Waals surface area contributed by atoms with E-state index in [1.807, 2.05) is 12.1 Å². The molecular formula is C32H30O10. The maximum absolute atomic E-state index is 12.2. The fraction of sp³-hybridized carbons (Fsp3) is 0.250. The van der Waals surface area contributed by atoms with Crippen molar-refractivity contribution in [2.75, 3.05) is 26.4 Å². The molecule has 0 radical (unpaired) electrons. The maximum Gasteiger partial charge on any atom is 0.308 e. The predicted octanol–water partition coefficient (Wildman–Crippen LogP) is 5.39. The zero-order valence-electron chi connectivity index (χ0n) is 23.7. The van der Waals surface area contributed by atoms with Gasteiger partial charge in [-0.15, -0.1) is 0 Å². The number of rotatable bonds is 11. The smallest absolute Gasteiger partial charge is 0.308 e. The molecule has 0 amide bonds. The predicted molar refractivity (Wildman–Crippen MR) is 154 cm³/mol. The molecule has 4 aromatic rings. The number of fused-ring (bicyclic) bond motifs is 2. The van der Waals surface area contributed by atoms with Crippen molar-refractivity contribution in [2.45, 2.75) is 27.7 Å². The topological polar surface area (TPSA) is 124 Å². The molecule has 4 rings (SSSR count). The summed E-state index contributed by atoms with van der Waals surface area (Å²) < 4.78 is 32.9. The van der Waals surface area contributed by atoms with Crippen molar-refractivity contribution in [3.8, 4) is 34.1 Å². The molecule has 4 aromatic carbocycles. The highest BCUT2D eigenvalue weighted by Gasteiger charge is 2.22. The van der Waals surface area contributed by atoms with Crippen LogP contribution in [0.1, 0.15) is 27.7 Å². The molecule has 0 atom stereocenters. The van der Waals surface area contributed by atoms with Gasteiger partial charge in [0.25, 0.3) is 0 Å². The van der Waals surface area contributed by atoms with E-state index in [2.05, 4.69) is 0 Å². The van der Waals surface area contributed by atoms with Crippen LogP contribution in [0.15, 0.2) is 60.7 Å². The number of benzene rings is 4. The van der Waals surface area contributed by atoms with E-state index < -0.39 is 23.9 Å². The average molecular weight is 575 g/mol. The summed E-state index contributed by atoms with van der Waals surface area (Å²) in [6, 6.07) is 17.8. The second-order valence-electron chi connectivity index (χ2n) is 9.21. The van der Waals surface area contributed by atoms with Gasteiger partial charge >= 0.3 is 23.9 Å². The summed E-state index contributed by atoms with van der Waals surface area (Å²) in [5.41, 5.74) is 0.985. The van der Waals surface area contributed by atoms with Gasteiger partial charge in [0.05, 0.1) is 0 Å². The van der Waals surface area contributed by atoms with Crippen LogP contribution in [0, 0.1) is 0 Å². The van der Waals surface area contributed by atoms with Crippen LogP contribution in [0.5, 0.6) is 23.0 Å². The van der Waals surface area contributed by atoms with Crippen LogP contribution in [-0.2, 0) is 28.7 Å². The molecule has 0 aliphatic heterocycles. The minimum atomic E-state index is -0.534. The molecule has 0 N–H and O–H groups in total. The average Bonchev–Trinajstić information content (AvgIpc) is 2.93. The molecule has 0 spiro atoms. The van der Waals surface area contributed by atoms with Crippen LogP contribution in [0.25, 0.3) is 32.7 Å². The zero-order valence-corrected chi connectivity index (χ0v) is 23.7. The Morgan fingerprint density at radius 3 is 1.24 bits per heavy atom. The fourth-order valence-corrected chi connectivity index (χ4v) is 4.42. The SMILES string of the molecule is CC(=O)OCCOc1ccc2ccc(OC(C)=O)c(-c3c(OC(C)=O)ccc4ccc(OCCOC(C)=O)cc34)c2c1. The van der Waals surface area contributed by atoms with E-state index >= 15 is 0 Å². The van der Waals surface area contributed by atoms with Gasteiger partial charge in [0.2, 0.25) is 0 Å². The van der Waals surface area contributed by atoms with Gasteiger partial charge in [0, 0.05) is 38.8 Å². The first-order valence-electron chi connectivity index (χ1n) is 13.2.